The molecule has 0 aromatic carbocycles. The molecule has 14 heavy (non-hydrogen) atoms. The van der Waals surface area contributed by atoms with Gasteiger partial charge in [-0.2, -0.15) is 0 Å². The molecule has 0 bridgehead atoms. The lowest BCUT2D eigenvalue weighted by atomic mass is 9.95. The van der Waals surface area contributed by atoms with Crippen LogP contribution in [0.2, 0.25) is 0 Å². The summed E-state index contributed by atoms with van der Waals surface area (Å²) in [5, 5.41) is 13.3. The van der Waals surface area contributed by atoms with Crippen molar-refractivity contribution in [1.82, 2.24) is 5.32 Å². The third-order valence-corrected chi connectivity index (χ3v) is 4.12. The van der Waals surface area contributed by atoms with Crippen molar-refractivity contribution in [3.05, 3.63) is 21.9 Å². The first-order chi connectivity index (χ1) is 6.65. The van der Waals surface area contributed by atoms with Gasteiger partial charge in [0.25, 0.3) is 0 Å². The van der Waals surface area contributed by atoms with Crippen molar-refractivity contribution in [1.29, 1.82) is 0 Å². The second-order valence-electron chi connectivity index (χ2n) is 3.36. The van der Waals surface area contributed by atoms with Gasteiger partial charge in [0.15, 0.2) is 5.78 Å². The normalized spacial score (nSPS) is 19.0. The molecule has 1 aliphatic rings. The molecule has 2 N–H and O–H groups in total. The van der Waals surface area contributed by atoms with E-state index in [1.165, 1.54) is 11.3 Å². The van der Waals surface area contributed by atoms with Crippen LogP contribution >= 0.6 is 27.3 Å². The van der Waals surface area contributed by atoms with Crippen LogP contribution in [-0.2, 0) is 5.60 Å². The molecule has 76 valence electrons. The highest BCUT2D eigenvalue weighted by Gasteiger charge is 2.37. The number of nitrogens with one attached hydrogen (secondary N) is 1. The molecule has 2 rings (SSSR count). The first-order valence-electron chi connectivity index (χ1n) is 4.28. The largest absolute Gasteiger partial charge is 0.382 e. The minimum Gasteiger partial charge on any atom is -0.382 e. The number of hydrogen-bond acceptors (Lipinski definition) is 4. The number of carbonyl (C=O) groups is 1. The van der Waals surface area contributed by atoms with Gasteiger partial charge in [-0.3, -0.25) is 4.79 Å². The van der Waals surface area contributed by atoms with Crippen LogP contribution in [-0.4, -0.2) is 29.3 Å². The molecule has 0 saturated carbocycles. The summed E-state index contributed by atoms with van der Waals surface area (Å²) in [6.45, 7) is 1.16. The van der Waals surface area contributed by atoms with Crippen LogP contribution in [0.25, 0.3) is 0 Å². The van der Waals surface area contributed by atoms with Crippen molar-refractivity contribution in [2.45, 2.75) is 5.60 Å². The molecule has 1 aromatic heterocycles. The van der Waals surface area contributed by atoms with E-state index in [2.05, 4.69) is 21.2 Å². The van der Waals surface area contributed by atoms with Crippen molar-refractivity contribution in [3.8, 4) is 0 Å². The van der Waals surface area contributed by atoms with Gasteiger partial charge in [0.1, 0.15) is 5.60 Å². The van der Waals surface area contributed by atoms with Crippen molar-refractivity contribution >= 4 is 33.0 Å². The lowest BCUT2D eigenvalue weighted by Gasteiger charge is -2.36. The second-order valence-corrected chi connectivity index (χ2v) is 5.00. The highest BCUT2D eigenvalue weighted by atomic mass is 79.9. The maximum Gasteiger partial charge on any atom is 0.183 e. The van der Waals surface area contributed by atoms with E-state index in [1.54, 1.807) is 6.07 Å². The van der Waals surface area contributed by atoms with Gasteiger partial charge in [0, 0.05) is 18.0 Å². The predicted molar refractivity (Wildman–Crippen MR) is 59.2 cm³/mol. The number of Topliss-reactive ketones (excluding diaryl/α,β-unsaturated/α-hetero) is 1. The van der Waals surface area contributed by atoms with E-state index in [9.17, 15) is 9.90 Å². The van der Waals surface area contributed by atoms with E-state index >= 15 is 0 Å². The number of halogens is 1. The molecule has 0 amide bonds. The third-order valence-electron chi connectivity index (χ3n) is 2.30. The summed E-state index contributed by atoms with van der Waals surface area (Å²) >= 11 is 4.50. The molecular weight excluding hydrogens is 266 g/mol. The molecular formula is C9H10BrNO2S. The fourth-order valence-electron chi connectivity index (χ4n) is 1.34. The molecule has 0 unspecified atom stereocenters. The Labute approximate surface area is 94.3 Å². The van der Waals surface area contributed by atoms with Crippen LogP contribution in [0.3, 0.4) is 0 Å². The van der Waals surface area contributed by atoms with Gasteiger partial charge in [-0.25, -0.2) is 0 Å². The summed E-state index contributed by atoms with van der Waals surface area (Å²) in [7, 11) is 0. The predicted octanol–water partition coefficient (Wildman–Crippen LogP) is 1.12. The van der Waals surface area contributed by atoms with Gasteiger partial charge in [0.05, 0.1) is 10.2 Å². The van der Waals surface area contributed by atoms with Gasteiger partial charge < -0.3 is 10.4 Å². The molecule has 1 aromatic rings. The molecule has 0 atom stereocenters. The SMILES string of the molecule is O=C(CBr)c1ccc(C2(O)CNC2)s1. The zero-order valence-corrected chi connectivity index (χ0v) is 9.82. The van der Waals surface area contributed by atoms with Crippen molar-refractivity contribution < 1.29 is 9.90 Å². The first-order valence-corrected chi connectivity index (χ1v) is 6.22. The zero-order chi connectivity index (χ0) is 10.2. The van der Waals surface area contributed by atoms with Crippen LogP contribution in [0.1, 0.15) is 14.5 Å². The van der Waals surface area contributed by atoms with Crippen LogP contribution in [0.4, 0.5) is 0 Å². The fourth-order valence-corrected chi connectivity index (χ4v) is 2.86. The van der Waals surface area contributed by atoms with Crippen molar-refractivity contribution in [2.75, 3.05) is 18.4 Å². The summed E-state index contributed by atoms with van der Waals surface area (Å²) in [5.74, 6) is 0.0668. The average Bonchev–Trinajstić information content (AvgIpc) is 2.62. The van der Waals surface area contributed by atoms with Crippen LogP contribution in [0.5, 0.6) is 0 Å². The summed E-state index contributed by atoms with van der Waals surface area (Å²) in [4.78, 5) is 12.9. The summed E-state index contributed by atoms with van der Waals surface area (Å²) in [6, 6.07) is 3.61. The van der Waals surface area contributed by atoms with Gasteiger partial charge in [-0.05, 0) is 12.1 Å². The van der Waals surface area contributed by atoms with E-state index in [0.717, 1.165) is 4.88 Å². The van der Waals surface area contributed by atoms with Crippen LogP contribution in [0.15, 0.2) is 12.1 Å². The standard InChI is InChI=1S/C9H10BrNO2S/c10-3-6(12)7-1-2-8(14-7)9(13)4-11-5-9/h1-2,11,13H,3-5H2. The number of aliphatic hydroxyl groups is 1. The highest BCUT2D eigenvalue weighted by Crippen LogP contribution is 2.31. The highest BCUT2D eigenvalue weighted by molar-refractivity contribution is 9.09. The molecule has 0 spiro atoms. The number of rotatable bonds is 3. The monoisotopic (exact) mass is 275 g/mol. The Bertz CT molecular complexity index is 359. The van der Waals surface area contributed by atoms with Crippen LogP contribution in [0, 0.1) is 0 Å². The molecule has 3 nitrogen and oxygen atoms in total. The minimum absolute atomic E-state index is 0.0668. The lowest BCUT2D eigenvalue weighted by Crippen LogP contribution is -2.56. The Balaban J connectivity index is 2.21. The van der Waals surface area contributed by atoms with E-state index in [1.807, 2.05) is 6.07 Å². The molecule has 5 heteroatoms. The summed E-state index contributed by atoms with van der Waals surface area (Å²) < 4.78 is 0. The molecule has 0 radical (unpaired) electrons. The molecule has 1 fully saturated rings. The smallest absolute Gasteiger partial charge is 0.183 e. The lowest BCUT2D eigenvalue weighted by molar-refractivity contribution is -0.0112. The first kappa shape index (κ1) is 10.3. The number of thiophene rings is 1. The second kappa shape index (κ2) is 3.73. The maximum atomic E-state index is 11.3. The summed E-state index contributed by atoms with van der Waals surface area (Å²) in [6.07, 6.45) is 0. The van der Waals surface area contributed by atoms with Crippen molar-refractivity contribution in [2.24, 2.45) is 0 Å². The zero-order valence-electron chi connectivity index (χ0n) is 7.42. The Morgan fingerprint density at radius 3 is 2.86 bits per heavy atom. The van der Waals surface area contributed by atoms with Gasteiger partial charge in [0.2, 0.25) is 0 Å². The van der Waals surface area contributed by atoms with E-state index in [-0.39, 0.29) is 5.78 Å². The number of hydrogen-bond donors (Lipinski definition) is 2. The van der Waals surface area contributed by atoms with Crippen molar-refractivity contribution in [3.63, 3.8) is 0 Å². The Morgan fingerprint density at radius 1 is 1.64 bits per heavy atom. The Hall–Kier alpha value is -0.230. The van der Waals surface area contributed by atoms with Gasteiger partial charge >= 0.3 is 0 Å². The summed E-state index contributed by atoms with van der Waals surface area (Å²) in [5.41, 5.74) is -0.741. The molecule has 2 heterocycles. The quantitative estimate of drug-likeness (QED) is 0.642. The Kier molecular flexibility index (Phi) is 2.74. The third kappa shape index (κ3) is 1.65. The van der Waals surface area contributed by atoms with Gasteiger partial charge in [-0.1, -0.05) is 15.9 Å². The average molecular weight is 276 g/mol. The molecule has 0 aliphatic carbocycles. The number of β-amino-alcohol motifs (C(OH)–C–C–N with tert-alkyl or cyclic N) is 1. The number of ketones is 1. The van der Waals surface area contributed by atoms with E-state index < -0.39 is 5.60 Å². The number of carbonyl (C=O) groups excluding carboxylic acids is 1. The van der Waals surface area contributed by atoms with E-state index in [4.69, 9.17) is 0 Å². The number of alkyl halides is 1. The van der Waals surface area contributed by atoms with Crippen LogP contribution < -0.4 is 5.32 Å². The minimum atomic E-state index is -0.741. The topological polar surface area (TPSA) is 49.3 Å². The van der Waals surface area contributed by atoms with Gasteiger partial charge in [-0.15, -0.1) is 11.3 Å². The fraction of sp³-hybridized carbons (Fsp3) is 0.444. The Morgan fingerprint density at radius 2 is 2.36 bits per heavy atom. The van der Waals surface area contributed by atoms with E-state index in [0.29, 0.717) is 23.3 Å². The molecule has 1 saturated heterocycles. The molecule has 1 aliphatic heterocycles. The maximum absolute atomic E-state index is 11.3.